The number of hydrogen-bond acceptors (Lipinski definition) is 3. The van der Waals surface area contributed by atoms with Crippen LogP contribution in [-0.4, -0.2) is 29.4 Å². The molecule has 4 heteroatoms. The van der Waals surface area contributed by atoms with Gasteiger partial charge in [0, 0.05) is 6.42 Å². The maximum Gasteiger partial charge on any atom is 0.332 e. The van der Waals surface area contributed by atoms with E-state index in [1.54, 1.807) is 6.07 Å². The zero-order valence-electron chi connectivity index (χ0n) is 8.73. The number of carbonyl (C=O) groups is 1. The van der Waals surface area contributed by atoms with Gasteiger partial charge in [0.15, 0.2) is 6.10 Å². The molecular weight excluding hydrogens is 196 g/mol. The summed E-state index contributed by atoms with van der Waals surface area (Å²) < 4.78 is 5.15. The van der Waals surface area contributed by atoms with Crippen molar-refractivity contribution in [3.05, 3.63) is 29.3 Å². The highest BCUT2D eigenvalue weighted by Crippen LogP contribution is 2.24. The molecule has 0 bridgehead atoms. The number of rotatable bonds is 4. The van der Waals surface area contributed by atoms with Crippen LogP contribution in [0.2, 0.25) is 0 Å². The lowest BCUT2D eigenvalue weighted by Gasteiger charge is -2.12. The minimum absolute atomic E-state index is 0.0557. The third kappa shape index (κ3) is 2.70. The summed E-state index contributed by atoms with van der Waals surface area (Å²) >= 11 is 0. The van der Waals surface area contributed by atoms with E-state index in [9.17, 15) is 9.90 Å². The number of benzene rings is 1. The van der Waals surface area contributed by atoms with Crippen LogP contribution in [0, 0.1) is 6.92 Å². The Kier molecular flexibility index (Phi) is 3.68. The Morgan fingerprint density at radius 1 is 1.53 bits per heavy atom. The third-order valence-electron chi connectivity index (χ3n) is 2.20. The highest BCUT2D eigenvalue weighted by atomic mass is 16.5. The summed E-state index contributed by atoms with van der Waals surface area (Å²) in [6.45, 7) is 1.87. The van der Waals surface area contributed by atoms with Crippen molar-refractivity contribution in [3.8, 4) is 5.75 Å². The molecule has 0 saturated carbocycles. The molecule has 0 amide bonds. The van der Waals surface area contributed by atoms with Crippen LogP contribution in [0.1, 0.15) is 11.1 Å². The second-order valence-electron chi connectivity index (χ2n) is 3.33. The van der Waals surface area contributed by atoms with E-state index in [4.69, 9.17) is 9.84 Å². The molecule has 0 spiro atoms. The quantitative estimate of drug-likeness (QED) is 0.777. The van der Waals surface area contributed by atoms with Crippen LogP contribution in [-0.2, 0) is 11.2 Å². The normalized spacial score (nSPS) is 12.2. The van der Waals surface area contributed by atoms with E-state index in [1.165, 1.54) is 7.11 Å². The number of aliphatic hydroxyl groups is 1. The SMILES string of the molecule is COc1c(C)cccc1CC(O)C(=O)O. The van der Waals surface area contributed by atoms with Crippen LogP contribution in [0.25, 0.3) is 0 Å². The average molecular weight is 210 g/mol. The second kappa shape index (κ2) is 4.79. The van der Waals surface area contributed by atoms with Gasteiger partial charge < -0.3 is 14.9 Å². The smallest absolute Gasteiger partial charge is 0.332 e. The third-order valence-corrected chi connectivity index (χ3v) is 2.20. The maximum atomic E-state index is 10.5. The van der Waals surface area contributed by atoms with Crippen LogP contribution >= 0.6 is 0 Å². The number of carboxylic acid groups (broad SMARTS) is 1. The van der Waals surface area contributed by atoms with Crippen LogP contribution in [0.5, 0.6) is 5.75 Å². The molecule has 0 aliphatic carbocycles. The summed E-state index contributed by atoms with van der Waals surface area (Å²) in [6.07, 6.45) is -1.33. The van der Waals surface area contributed by atoms with Crippen molar-refractivity contribution in [1.82, 2.24) is 0 Å². The molecule has 2 N–H and O–H groups in total. The number of aryl methyl sites for hydroxylation is 1. The molecule has 4 nitrogen and oxygen atoms in total. The number of ether oxygens (including phenoxy) is 1. The topological polar surface area (TPSA) is 66.8 Å². The maximum absolute atomic E-state index is 10.5. The zero-order chi connectivity index (χ0) is 11.4. The van der Waals surface area contributed by atoms with Crippen LogP contribution < -0.4 is 4.74 Å². The number of aliphatic carboxylic acids is 1. The molecule has 0 aliphatic rings. The van der Waals surface area contributed by atoms with Gasteiger partial charge in [-0.2, -0.15) is 0 Å². The fraction of sp³-hybridized carbons (Fsp3) is 0.364. The minimum atomic E-state index is -1.39. The second-order valence-corrected chi connectivity index (χ2v) is 3.33. The molecule has 1 aromatic rings. The Labute approximate surface area is 88.1 Å². The van der Waals surface area contributed by atoms with Gasteiger partial charge in [-0.05, 0) is 18.1 Å². The van der Waals surface area contributed by atoms with Gasteiger partial charge in [0.1, 0.15) is 5.75 Å². The van der Waals surface area contributed by atoms with E-state index in [0.29, 0.717) is 11.3 Å². The van der Waals surface area contributed by atoms with Crippen molar-refractivity contribution in [3.63, 3.8) is 0 Å². The molecule has 1 aromatic carbocycles. The molecule has 1 rings (SSSR count). The molecule has 1 unspecified atom stereocenters. The first-order valence-corrected chi connectivity index (χ1v) is 4.59. The van der Waals surface area contributed by atoms with Crippen LogP contribution in [0.15, 0.2) is 18.2 Å². The van der Waals surface area contributed by atoms with Gasteiger partial charge in [0.05, 0.1) is 7.11 Å². The molecule has 0 radical (unpaired) electrons. The highest BCUT2D eigenvalue weighted by Gasteiger charge is 2.16. The van der Waals surface area contributed by atoms with Crippen LogP contribution in [0.4, 0.5) is 0 Å². The van der Waals surface area contributed by atoms with Gasteiger partial charge in [-0.25, -0.2) is 4.79 Å². The number of carboxylic acids is 1. The summed E-state index contributed by atoms with van der Waals surface area (Å²) in [5, 5.41) is 17.8. The predicted molar refractivity (Wildman–Crippen MR) is 55.1 cm³/mol. The number of para-hydroxylation sites is 1. The summed E-state index contributed by atoms with van der Waals surface area (Å²) in [5.74, 6) is -0.587. The highest BCUT2D eigenvalue weighted by molar-refractivity contribution is 5.72. The minimum Gasteiger partial charge on any atom is -0.496 e. The van der Waals surface area contributed by atoms with Crippen LogP contribution in [0.3, 0.4) is 0 Å². The Balaban J connectivity index is 2.94. The lowest BCUT2D eigenvalue weighted by molar-refractivity contribution is -0.146. The monoisotopic (exact) mass is 210 g/mol. The molecular formula is C11H14O4. The summed E-state index contributed by atoms with van der Waals surface area (Å²) in [4.78, 5) is 10.5. The fourth-order valence-electron chi connectivity index (χ4n) is 1.46. The zero-order valence-corrected chi connectivity index (χ0v) is 8.73. The first-order valence-electron chi connectivity index (χ1n) is 4.59. The molecule has 0 aliphatic heterocycles. The van der Waals surface area contributed by atoms with Gasteiger partial charge >= 0.3 is 5.97 Å². The number of hydrogen-bond donors (Lipinski definition) is 2. The molecule has 0 fully saturated rings. The number of aliphatic hydroxyl groups excluding tert-OH is 1. The standard InChI is InChI=1S/C11H14O4/c1-7-4-3-5-8(10(7)15-2)6-9(12)11(13)14/h3-5,9,12H,6H2,1-2H3,(H,13,14). The molecule has 82 valence electrons. The molecule has 0 saturated heterocycles. The first-order chi connectivity index (χ1) is 7.06. The van der Waals surface area contributed by atoms with Gasteiger partial charge in [-0.3, -0.25) is 0 Å². The molecule has 1 atom stereocenters. The Hall–Kier alpha value is -1.55. The lowest BCUT2D eigenvalue weighted by atomic mass is 10.0. The Morgan fingerprint density at radius 3 is 2.73 bits per heavy atom. The lowest BCUT2D eigenvalue weighted by Crippen LogP contribution is -2.22. The molecule has 0 aromatic heterocycles. The average Bonchev–Trinajstić information content (AvgIpc) is 2.18. The van der Waals surface area contributed by atoms with Crippen molar-refractivity contribution >= 4 is 5.97 Å². The summed E-state index contributed by atoms with van der Waals surface area (Å²) in [5.41, 5.74) is 1.62. The number of methoxy groups -OCH3 is 1. The summed E-state index contributed by atoms with van der Waals surface area (Å²) in [7, 11) is 1.53. The fourth-order valence-corrected chi connectivity index (χ4v) is 1.46. The van der Waals surface area contributed by atoms with Crippen molar-refractivity contribution in [2.24, 2.45) is 0 Å². The van der Waals surface area contributed by atoms with Gasteiger partial charge in [0.25, 0.3) is 0 Å². The molecule has 0 heterocycles. The van der Waals surface area contributed by atoms with E-state index in [2.05, 4.69) is 0 Å². The van der Waals surface area contributed by atoms with E-state index in [0.717, 1.165) is 5.56 Å². The van der Waals surface area contributed by atoms with E-state index < -0.39 is 12.1 Å². The first kappa shape index (κ1) is 11.5. The van der Waals surface area contributed by atoms with E-state index in [1.807, 2.05) is 19.1 Å². The van der Waals surface area contributed by atoms with E-state index in [-0.39, 0.29) is 6.42 Å². The predicted octanol–water partition coefficient (Wildman–Crippen LogP) is 0.992. The van der Waals surface area contributed by atoms with Crippen molar-refractivity contribution < 1.29 is 19.7 Å². The summed E-state index contributed by atoms with van der Waals surface area (Å²) in [6, 6.07) is 5.43. The van der Waals surface area contributed by atoms with Gasteiger partial charge in [0.2, 0.25) is 0 Å². The Bertz CT molecular complexity index is 360. The molecule has 15 heavy (non-hydrogen) atoms. The van der Waals surface area contributed by atoms with Gasteiger partial charge in [-0.15, -0.1) is 0 Å². The van der Waals surface area contributed by atoms with Gasteiger partial charge in [-0.1, -0.05) is 18.2 Å². The van der Waals surface area contributed by atoms with Crippen molar-refractivity contribution in [1.29, 1.82) is 0 Å². The van der Waals surface area contributed by atoms with Crippen molar-refractivity contribution in [2.45, 2.75) is 19.4 Å². The van der Waals surface area contributed by atoms with E-state index >= 15 is 0 Å². The largest absolute Gasteiger partial charge is 0.496 e. The Morgan fingerprint density at radius 2 is 2.20 bits per heavy atom. The van der Waals surface area contributed by atoms with Crippen molar-refractivity contribution in [2.75, 3.05) is 7.11 Å².